The van der Waals surface area contributed by atoms with E-state index in [9.17, 15) is 4.39 Å². The highest BCUT2D eigenvalue weighted by atomic mass is 19.1. The van der Waals surface area contributed by atoms with Crippen LogP contribution >= 0.6 is 0 Å². The van der Waals surface area contributed by atoms with E-state index in [4.69, 9.17) is 5.11 Å². The van der Waals surface area contributed by atoms with Crippen LogP contribution in [0.3, 0.4) is 0 Å². The van der Waals surface area contributed by atoms with E-state index in [0.29, 0.717) is 5.69 Å². The first-order valence-electron chi connectivity index (χ1n) is 3.85. The monoisotopic (exact) mass is 169 g/mol. The van der Waals surface area contributed by atoms with Crippen molar-refractivity contribution in [3.8, 4) is 0 Å². The third-order valence-electron chi connectivity index (χ3n) is 1.51. The summed E-state index contributed by atoms with van der Waals surface area (Å²) < 4.78 is 12.6. The first-order valence-corrected chi connectivity index (χ1v) is 3.85. The largest absolute Gasteiger partial charge is 0.394 e. The van der Waals surface area contributed by atoms with Gasteiger partial charge in [0.2, 0.25) is 0 Å². The van der Waals surface area contributed by atoms with Gasteiger partial charge >= 0.3 is 0 Å². The molecule has 0 saturated heterocycles. The quantitative estimate of drug-likeness (QED) is 0.720. The molecule has 0 fully saturated rings. The lowest BCUT2D eigenvalue weighted by Crippen LogP contribution is -2.19. The number of anilines is 1. The predicted octanol–water partition coefficient (Wildman–Crippen LogP) is 1.62. The molecule has 1 rings (SSSR count). The van der Waals surface area contributed by atoms with Crippen molar-refractivity contribution in [3.05, 3.63) is 30.1 Å². The van der Waals surface area contributed by atoms with Gasteiger partial charge < -0.3 is 10.4 Å². The molecule has 0 aromatic heterocycles. The summed E-state index contributed by atoms with van der Waals surface area (Å²) in [6, 6.07) is 6.12. The first-order chi connectivity index (χ1) is 5.72. The second-order valence-corrected chi connectivity index (χ2v) is 2.74. The topological polar surface area (TPSA) is 32.3 Å². The smallest absolute Gasteiger partial charge is 0.125 e. The molecule has 1 aromatic rings. The zero-order valence-corrected chi connectivity index (χ0v) is 6.92. The van der Waals surface area contributed by atoms with Gasteiger partial charge in [0, 0.05) is 11.7 Å². The van der Waals surface area contributed by atoms with Crippen LogP contribution in [0.25, 0.3) is 0 Å². The van der Waals surface area contributed by atoms with Gasteiger partial charge in [-0.05, 0) is 25.1 Å². The number of rotatable bonds is 3. The maximum Gasteiger partial charge on any atom is 0.125 e. The van der Waals surface area contributed by atoms with Crippen LogP contribution in [0.15, 0.2) is 24.3 Å². The van der Waals surface area contributed by atoms with Crippen LogP contribution in [-0.4, -0.2) is 17.8 Å². The highest BCUT2D eigenvalue weighted by Gasteiger charge is 1.99. The van der Waals surface area contributed by atoms with Gasteiger partial charge in [-0.2, -0.15) is 0 Å². The van der Waals surface area contributed by atoms with Crippen LogP contribution in [0.5, 0.6) is 0 Å². The van der Waals surface area contributed by atoms with Crippen molar-refractivity contribution in [1.29, 1.82) is 0 Å². The second-order valence-electron chi connectivity index (χ2n) is 2.74. The minimum absolute atomic E-state index is 0.0382. The number of aliphatic hydroxyl groups excluding tert-OH is 1. The average Bonchev–Trinajstić information content (AvgIpc) is 2.04. The summed E-state index contributed by atoms with van der Waals surface area (Å²) in [4.78, 5) is 0. The van der Waals surface area contributed by atoms with Crippen molar-refractivity contribution in [2.24, 2.45) is 0 Å². The summed E-state index contributed by atoms with van der Waals surface area (Å²) in [5, 5.41) is 11.7. The minimum atomic E-state index is -0.273. The standard InChI is InChI=1S/C9H12FNO/c1-7(6-12)11-9-4-2-3-8(10)5-9/h2-5,7,11-12H,6H2,1H3/t7-/m1/s1. The molecule has 3 heteroatoms. The van der Waals surface area contributed by atoms with Crippen molar-refractivity contribution >= 4 is 5.69 Å². The second kappa shape index (κ2) is 4.07. The van der Waals surface area contributed by atoms with Crippen LogP contribution < -0.4 is 5.32 Å². The van der Waals surface area contributed by atoms with Crippen molar-refractivity contribution in [2.75, 3.05) is 11.9 Å². The molecule has 0 unspecified atom stereocenters. The molecule has 0 radical (unpaired) electrons. The predicted molar refractivity (Wildman–Crippen MR) is 46.6 cm³/mol. The number of nitrogens with one attached hydrogen (secondary N) is 1. The first kappa shape index (κ1) is 9.00. The molecule has 1 atom stereocenters. The molecule has 0 aliphatic rings. The van der Waals surface area contributed by atoms with Gasteiger partial charge in [-0.15, -0.1) is 0 Å². The Kier molecular flexibility index (Phi) is 3.05. The van der Waals surface area contributed by atoms with E-state index < -0.39 is 0 Å². The van der Waals surface area contributed by atoms with Gasteiger partial charge in [-0.1, -0.05) is 6.07 Å². The zero-order chi connectivity index (χ0) is 8.97. The molecular formula is C9H12FNO. The average molecular weight is 169 g/mol. The molecule has 0 heterocycles. The molecule has 12 heavy (non-hydrogen) atoms. The fourth-order valence-corrected chi connectivity index (χ4v) is 0.908. The number of benzene rings is 1. The van der Waals surface area contributed by atoms with Crippen LogP contribution in [0.2, 0.25) is 0 Å². The fraction of sp³-hybridized carbons (Fsp3) is 0.333. The summed E-state index contributed by atoms with van der Waals surface area (Å²) >= 11 is 0. The van der Waals surface area contributed by atoms with Crippen LogP contribution in [-0.2, 0) is 0 Å². The summed E-state index contributed by atoms with van der Waals surface area (Å²) in [5.41, 5.74) is 0.691. The van der Waals surface area contributed by atoms with Crippen molar-refractivity contribution in [1.82, 2.24) is 0 Å². The highest BCUT2D eigenvalue weighted by Crippen LogP contribution is 2.09. The highest BCUT2D eigenvalue weighted by molar-refractivity contribution is 5.43. The van der Waals surface area contributed by atoms with Crippen LogP contribution in [0.4, 0.5) is 10.1 Å². The van der Waals surface area contributed by atoms with E-state index in [1.54, 1.807) is 12.1 Å². The molecule has 2 nitrogen and oxygen atoms in total. The van der Waals surface area contributed by atoms with Gasteiger partial charge in [0.15, 0.2) is 0 Å². The Labute approximate surface area is 71.0 Å². The number of aliphatic hydroxyl groups is 1. The Morgan fingerprint density at radius 2 is 2.33 bits per heavy atom. The normalized spacial score (nSPS) is 12.6. The third kappa shape index (κ3) is 2.51. The van der Waals surface area contributed by atoms with Gasteiger partial charge in [-0.3, -0.25) is 0 Å². The van der Waals surface area contributed by atoms with E-state index in [1.165, 1.54) is 12.1 Å². The molecule has 0 aliphatic heterocycles. The third-order valence-corrected chi connectivity index (χ3v) is 1.51. The van der Waals surface area contributed by atoms with Gasteiger partial charge in [0.1, 0.15) is 5.82 Å². The summed E-state index contributed by atoms with van der Waals surface area (Å²) in [6.07, 6.45) is 0. The summed E-state index contributed by atoms with van der Waals surface area (Å²) in [7, 11) is 0. The van der Waals surface area contributed by atoms with Gasteiger partial charge in [-0.25, -0.2) is 4.39 Å². The summed E-state index contributed by atoms with van der Waals surface area (Å²) in [5.74, 6) is -0.273. The molecule has 0 spiro atoms. The molecular weight excluding hydrogens is 157 g/mol. The lowest BCUT2D eigenvalue weighted by atomic mass is 10.2. The number of hydrogen-bond acceptors (Lipinski definition) is 2. The Bertz CT molecular complexity index is 252. The molecule has 0 bridgehead atoms. The van der Waals surface area contributed by atoms with Crippen molar-refractivity contribution < 1.29 is 9.50 Å². The van der Waals surface area contributed by atoms with Crippen LogP contribution in [0.1, 0.15) is 6.92 Å². The van der Waals surface area contributed by atoms with Gasteiger partial charge in [0.05, 0.1) is 6.61 Å². The molecule has 0 saturated carbocycles. The number of halogens is 1. The maximum atomic E-state index is 12.6. The van der Waals surface area contributed by atoms with Gasteiger partial charge in [0.25, 0.3) is 0 Å². The molecule has 2 N–H and O–H groups in total. The van der Waals surface area contributed by atoms with E-state index in [1.807, 2.05) is 6.92 Å². The SMILES string of the molecule is C[C@H](CO)Nc1cccc(F)c1. The maximum absolute atomic E-state index is 12.6. The van der Waals surface area contributed by atoms with Crippen molar-refractivity contribution in [2.45, 2.75) is 13.0 Å². The summed E-state index contributed by atoms with van der Waals surface area (Å²) in [6.45, 7) is 1.86. The Morgan fingerprint density at radius 3 is 2.92 bits per heavy atom. The zero-order valence-electron chi connectivity index (χ0n) is 6.92. The minimum Gasteiger partial charge on any atom is -0.394 e. The Hall–Kier alpha value is -1.09. The van der Waals surface area contributed by atoms with E-state index in [2.05, 4.69) is 5.32 Å². The molecule has 0 aliphatic carbocycles. The van der Waals surface area contributed by atoms with E-state index >= 15 is 0 Å². The fourth-order valence-electron chi connectivity index (χ4n) is 0.908. The lowest BCUT2D eigenvalue weighted by molar-refractivity contribution is 0.281. The Balaban J connectivity index is 2.63. The van der Waals surface area contributed by atoms with E-state index in [0.717, 1.165) is 0 Å². The van der Waals surface area contributed by atoms with Crippen LogP contribution in [0, 0.1) is 5.82 Å². The van der Waals surface area contributed by atoms with E-state index in [-0.39, 0.29) is 18.5 Å². The number of hydrogen-bond donors (Lipinski definition) is 2. The van der Waals surface area contributed by atoms with Crippen molar-refractivity contribution in [3.63, 3.8) is 0 Å². The Morgan fingerprint density at radius 1 is 1.58 bits per heavy atom. The molecule has 1 aromatic carbocycles. The molecule has 66 valence electrons. The molecule has 0 amide bonds. The lowest BCUT2D eigenvalue weighted by Gasteiger charge is -2.11.